The van der Waals surface area contributed by atoms with Crippen LogP contribution in [-0.4, -0.2) is 37.0 Å². The van der Waals surface area contributed by atoms with Crippen molar-refractivity contribution in [3.63, 3.8) is 0 Å². The number of nitrogens with zero attached hydrogens (tertiary/aromatic N) is 2. The van der Waals surface area contributed by atoms with E-state index >= 15 is 0 Å². The molecule has 0 radical (unpaired) electrons. The van der Waals surface area contributed by atoms with E-state index in [2.05, 4.69) is 18.7 Å². The molecule has 1 unspecified atom stereocenters. The molecule has 0 saturated carbocycles. The molecule has 1 aliphatic heterocycles. The molecule has 37 heavy (non-hydrogen) atoms. The molecule has 6 nitrogen and oxygen atoms in total. The summed E-state index contributed by atoms with van der Waals surface area (Å²) < 4.78 is 5.30. The van der Waals surface area contributed by atoms with Crippen molar-refractivity contribution in [3.05, 3.63) is 94.1 Å². The highest BCUT2D eigenvalue weighted by Crippen LogP contribution is 2.44. The number of ketones is 1. The third-order valence-electron chi connectivity index (χ3n) is 7.08. The number of amides is 1. The summed E-state index contributed by atoms with van der Waals surface area (Å²) in [6.07, 6.45) is 0. The smallest absolute Gasteiger partial charge is 0.300 e. The van der Waals surface area contributed by atoms with Crippen molar-refractivity contribution in [2.24, 2.45) is 0 Å². The highest BCUT2D eigenvalue weighted by Gasteiger charge is 2.47. The van der Waals surface area contributed by atoms with Gasteiger partial charge in [0.2, 0.25) is 0 Å². The number of aryl methyl sites for hydroxylation is 3. The minimum absolute atomic E-state index is 0.0776. The van der Waals surface area contributed by atoms with Gasteiger partial charge in [-0.3, -0.25) is 14.5 Å². The quantitative estimate of drug-likeness (QED) is 0.242. The number of aliphatic hydroxyl groups is 1. The van der Waals surface area contributed by atoms with Crippen LogP contribution in [0.4, 0.5) is 11.4 Å². The van der Waals surface area contributed by atoms with Crippen LogP contribution in [0.2, 0.25) is 0 Å². The molecule has 6 heteroatoms. The Balaban J connectivity index is 1.94. The molecular weight excluding hydrogens is 464 g/mol. The number of carbonyl (C=O) groups excluding carboxylic acids is 2. The van der Waals surface area contributed by atoms with E-state index in [0.717, 1.165) is 41.0 Å². The Morgan fingerprint density at radius 3 is 2.16 bits per heavy atom. The number of methoxy groups -OCH3 is 1. The molecule has 1 aliphatic rings. The molecule has 1 N–H and O–H groups in total. The van der Waals surface area contributed by atoms with Crippen LogP contribution in [-0.2, 0) is 9.59 Å². The van der Waals surface area contributed by atoms with Crippen LogP contribution in [0, 0.1) is 20.8 Å². The highest BCUT2D eigenvalue weighted by atomic mass is 16.5. The molecule has 4 rings (SSSR count). The van der Waals surface area contributed by atoms with Gasteiger partial charge in [0.25, 0.3) is 11.7 Å². The maximum atomic E-state index is 13.5. The van der Waals surface area contributed by atoms with Crippen LogP contribution in [0.5, 0.6) is 5.75 Å². The van der Waals surface area contributed by atoms with E-state index in [1.807, 2.05) is 63.2 Å². The standard InChI is InChI=1S/C31H34N2O4/c1-7-32(8-2)23-12-10-22(11-13-23)28-27(29(34)25-15-14-24(37-6)18-20(25)4)30(35)31(36)33(28)26-16-9-19(3)17-21(26)5/h9-18,28,34H,7-8H2,1-6H3/b29-27+. The number of hydrogen-bond acceptors (Lipinski definition) is 5. The third-order valence-corrected chi connectivity index (χ3v) is 7.08. The summed E-state index contributed by atoms with van der Waals surface area (Å²) in [5.74, 6) is -0.903. The zero-order chi connectivity index (χ0) is 26.9. The number of aliphatic hydroxyl groups excluding tert-OH is 1. The second-order valence-corrected chi connectivity index (χ2v) is 9.40. The van der Waals surface area contributed by atoms with Gasteiger partial charge in [-0.1, -0.05) is 29.8 Å². The lowest BCUT2D eigenvalue weighted by Crippen LogP contribution is -2.30. The van der Waals surface area contributed by atoms with Crippen LogP contribution in [0.25, 0.3) is 5.76 Å². The Hall–Kier alpha value is -4.06. The Bertz CT molecular complexity index is 1370. The topological polar surface area (TPSA) is 70.1 Å². The first-order chi connectivity index (χ1) is 17.7. The monoisotopic (exact) mass is 498 g/mol. The van der Waals surface area contributed by atoms with Gasteiger partial charge < -0.3 is 14.7 Å². The first-order valence-corrected chi connectivity index (χ1v) is 12.6. The molecule has 1 saturated heterocycles. The van der Waals surface area contributed by atoms with Gasteiger partial charge in [-0.15, -0.1) is 0 Å². The van der Waals surface area contributed by atoms with Gasteiger partial charge >= 0.3 is 0 Å². The van der Waals surface area contributed by atoms with Crippen LogP contribution in [0.3, 0.4) is 0 Å². The van der Waals surface area contributed by atoms with Crippen molar-refractivity contribution in [3.8, 4) is 5.75 Å². The number of hydrogen-bond donors (Lipinski definition) is 1. The van der Waals surface area contributed by atoms with E-state index in [1.54, 1.807) is 25.3 Å². The highest BCUT2D eigenvalue weighted by molar-refractivity contribution is 6.51. The zero-order valence-corrected chi connectivity index (χ0v) is 22.3. The van der Waals surface area contributed by atoms with Gasteiger partial charge in [-0.25, -0.2) is 0 Å². The van der Waals surface area contributed by atoms with Gasteiger partial charge in [0, 0.05) is 30.0 Å². The molecule has 1 heterocycles. The normalized spacial score (nSPS) is 16.8. The average Bonchev–Trinajstić information content (AvgIpc) is 3.15. The zero-order valence-electron chi connectivity index (χ0n) is 22.3. The van der Waals surface area contributed by atoms with Crippen molar-refractivity contribution in [2.75, 3.05) is 30.0 Å². The predicted octanol–water partition coefficient (Wildman–Crippen LogP) is 6.09. The van der Waals surface area contributed by atoms with Crippen LogP contribution < -0.4 is 14.5 Å². The fourth-order valence-corrected chi connectivity index (χ4v) is 5.10. The van der Waals surface area contributed by atoms with E-state index in [1.165, 1.54) is 4.90 Å². The van der Waals surface area contributed by atoms with Gasteiger partial charge in [-0.2, -0.15) is 0 Å². The number of Topliss-reactive ketones (excluding diaryl/α,β-unsaturated/α-hetero) is 1. The van der Waals surface area contributed by atoms with E-state index < -0.39 is 17.7 Å². The van der Waals surface area contributed by atoms with Crippen LogP contribution in [0.15, 0.2) is 66.2 Å². The van der Waals surface area contributed by atoms with Crippen LogP contribution in [0.1, 0.15) is 47.7 Å². The molecule has 1 atom stereocenters. The summed E-state index contributed by atoms with van der Waals surface area (Å²) in [7, 11) is 1.58. The maximum Gasteiger partial charge on any atom is 0.300 e. The molecule has 1 fully saturated rings. The summed E-state index contributed by atoms with van der Waals surface area (Å²) in [6, 6.07) is 18.1. The van der Waals surface area contributed by atoms with E-state index in [0.29, 0.717) is 17.0 Å². The number of carbonyl (C=O) groups is 2. The maximum absolute atomic E-state index is 13.5. The lowest BCUT2D eigenvalue weighted by molar-refractivity contribution is -0.132. The van der Waals surface area contributed by atoms with Crippen molar-refractivity contribution in [2.45, 2.75) is 40.7 Å². The second kappa shape index (κ2) is 10.5. The minimum atomic E-state index is -0.770. The van der Waals surface area contributed by atoms with Crippen LogP contribution >= 0.6 is 0 Å². The summed E-state index contributed by atoms with van der Waals surface area (Å²) in [5.41, 5.74) is 5.71. The Labute approximate surface area is 218 Å². The van der Waals surface area contributed by atoms with Gasteiger partial charge in [0.1, 0.15) is 11.5 Å². The summed E-state index contributed by atoms with van der Waals surface area (Å²) >= 11 is 0. The SMILES string of the molecule is CCN(CC)c1ccc(C2/C(=C(\O)c3ccc(OC)cc3C)C(=O)C(=O)N2c2ccc(C)cc2C)cc1. The molecular formula is C31H34N2O4. The van der Waals surface area contributed by atoms with Crippen molar-refractivity contribution < 1.29 is 19.4 Å². The van der Waals surface area contributed by atoms with Gasteiger partial charge in [0.15, 0.2) is 0 Å². The Morgan fingerprint density at radius 2 is 1.59 bits per heavy atom. The Kier molecular flexibility index (Phi) is 7.39. The molecule has 0 aromatic heterocycles. The van der Waals surface area contributed by atoms with Crippen molar-refractivity contribution in [1.29, 1.82) is 0 Å². The molecule has 0 spiro atoms. The predicted molar refractivity (Wildman–Crippen MR) is 148 cm³/mol. The Morgan fingerprint density at radius 1 is 0.919 bits per heavy atom. The third kappa shape index (κ3) is 4.71. The number of rotatable bonds is 7. The van der Waals surface area contributed by atoms with Gasteiger partial charge in [0.05, 0.1) is 18.7 Å². The summed E-state index contributed by atoms with van der Waals surface area (Å²) in [4.78, 5) is 30.8. The second-order valence-electron chi connectivity index (χ2n) is 9.40. The average molecular weight is 499 g/mol. The van der Waals surface area contributed by atoms with Crippen molar-refractivity contribution in [1.82, 2.24) is 0 Å². The molecule has 0 aliphatic carbocycles. The number of ether oxygens (including phenoxy) is 1. The first kappa shape index (κ1) is 26.0. The molecule has 1 amide bonds. The molecule has 3 aromatic carbocycles. The number of benzene rings is 3. The van der Waals surface area contributed by atoms with E-state index in [4.69, 9.17) is 4.74 Å². The van der Waals surface area contributed by atoms with Crippen molar-refractivity contribution >= 4 is 28.8 Å². The van der Waals surface area contributed by atoms with Gasteiger partial charge in [-0.05, 0) is 87.7 Å². The number of anilines is 2. The van der Waals surface area contributed by atoms with E-state index in [-0.39, 0.29) is 11.3 Å². The molecule has 3 aromatic rings. The summed E-state index contributed by atoms with van der Waals surface area (Å²) in [5, 5.41) is 11.5. The molecule has 0 bridgehead atoms. The lowest BCUT2D eigenvalue weighted by atomic mass is 9.93. The largest absolute Gasteiger partial charge is 0.507 e. The minimum Gasteiger partial charge on any atom is -0.507 e. The van der Waals surface area contributed by atoms with E-state index in [9.17, 15) is 14.7 Å². The first-order valence-electron chi connectivity index (χ1n) is 12.6. The lowest BCUT2D eigenvalue weighted by Gasteiger charge is -2.28. The molecule has 192 valence electrons. The summed E-state index contributed by atoms with van der Waals surface area (Å²) in [6.45, 7) is 11.7. The fourth-order valence-electron chi connectivity index (χ4n) is 5.10. The fraction of sp³-hybridized carbons (Fsp3) is 0.290.